The highest BCUT2D eigenvalue weighted by atomic mass is 16.6. The fraction of sp³-hybridized carbons (Fsp3) is 0.185. The van der Waals surface area contributed by atoms with Gasteiger partial charge in [0.05, 0.1) is 24.6 Å². The molecule has 1 atom stereocenters. The second kappa shape index (κ2) is 11.2. The van der Waals surface area contributed by atoms with Crippen LogP contribution in [0.25, 0.3) is 0 Å². The number of carbonyl (C=O) groups excluding carboxylic acids is 1. The normalized spacial score (nSPS) is 14.0. The van der Waals surface area contributed by atoms with Gasteiger partial charge in [-0.2, -0.15) is 5.26 Å². The van der Waals surface area contributed by atoms with Crippen molar-refractivity contribution in [2.75, 3.05) is 20.3 Å². The van der Waals surface area contributed by atoms with Gasteiger partial charge in [-0.15, -0.1) is 0 Å². The molecule has 0 radical (unpaired) electrons. The van der Waals surface area contributed by atoms with Gasteiger partial charge in [0.25, 0.3) is 0 Å². The number of allylic oxidation sites excluding steroid dienone is 1. The zero-order valence-corrected chi connectivity index (χ0v) is 20.5. The number of rotatable bonds is 9. The number of nitrogens with two attached hydrogens (primary N) is 1. The number of nitro groups is 1. The summed E-state index contributed by atoms with van der Waals surface area (Å²) in [7, 11) is 1.52. The molecule has 194 valence electrons. The van der Waals surface area contributed by atoms with Crippen molar-refractivity contribution in [3.8, 4) is 34.8 Å². The van der Waals surface area contributed by atoms with Crippen molar-refractivity contribution in [1.29, 1.82) is 5.26 Å². The quantitative estimate of drug-likeness (QED) is 0.189. The Labute approximate surface area is 217 Å². The van der Waals surface area contributed by atoms with Crippen LogP contribution in [0.15, 0.2) is 72.1 Å². The van der Waals surface area contributed by atoms with E-state index in [9.17, 15) is 20.2 Å². The maximum absolute atomic E-state index is 12.4. The zero-order chi connectivity index (χ0) is 27.2. The van der Waals surface area contributed by atoms with Gasteiger partial charge in [-0.1, -0.05) is 24.3 Å². The third-order valence-electron chi connectivity index (χ3n) is 5.65. The van der Waals surface area contributed by atoms with E-state index in [-0.39, 0.29) is 28.6 Å². The lowest BCUT2D eigenvalue weighted by molar-refractivity contribution is -0.385. The standard InChI is InChI=1S/C27H23N3O8/c1-3-35-22-11-8-16(12-24(22)34-2)26-18-10-9-17(13-23(18)38-27(29)19(26)14-28)37-25(31)15-36-21-7-5-4-6-20(21)30(32)33/h4-13,26H,3,15,29H2,1-2H3. The third kappa shape index (κ3) is 5.29. The fourth-order valence-electron chi connectivity index (χ4n) is 4.01. The van der Waals surface area contributed by atoms with Crippen molar-refractivity contribution in [3.05, 3.63) is 93.4 Å². The van der Waals surface area contributed by atoms with E-state index in [1.165, 1.54) is 31.4 Å². The monoisotopic (exact) mass is 517 g/mol. The van der Waals surface area contributed by atoms with E-state index in [4.69, 9.17) is 29.4 Å². The van der Waals surface area contributed by atoms with Gasteiger partial charge in [0, 0.05) is 17.7 Å². The molecule has 11 heteroatoms. The number of esters is 1. The number of hydrogen-bond acceptors (Lipinski definition) is 10. The Morgan fingerprint density at radius 1 is 1.11 bits per heavy atom. The molecule has 38 heavy (non-hydrogen) atoms. The van der Waals surface area contributed by atoms with E-state index >= 15 is 0 Å². The molecular weight excluding hydrogens is 494 g/mol. The van der Waals surface area contributed by atoms with Crippen LogP contribution in [0.5, 0.6) is 28.7 Å². The summed E-state index contributed by atoms with van der Waals surface area (Å²) in [5, 5.41) is 20.9. The summed E-state index contributed by atoms with van der Waals surface area (Å²) in [6.07, 6.45) is 0. The topological polar surface area (TPSA) is 156 Å². The van der Waals surface area contributed by atoms with E-state index in [1.807, 2.05) is 13.0 Å². The minimum absolute atomic E-state index is 0.0567. The molecule has 2 N–H and O–H groups in total. The van der Waals surface area contributed by atoms with Gasteiger partial charge < -0.3 is 29.4 Å². The Morgan fingerprint density at radius 3 is 2.61 bits per heavy atom. The number of fused-ring (bicyclic) bond motifs is 1. The zero-order valence-electron chi connectivity index (χ0n) is 20.5. The Kier molecular flexibility index (Phi) is 7.63. The molecule has 1 aliphatic rings. The Bertz CT molecular complexity index is 1460. The summed E-state index contributed by atoms with van der Waals surface area (Å²) >= 11 is 0. The van der Waals surface area contributed by atoms with Crippen LogP contribution in [0.3, 0.4) is 0 Å². The number of nitro benzene ring substituents is 1. The number of hydrogen-bond donors (Lipinski definition) is 1. The van der Waals surface area contributed by atoms with Gasteiger partial charge in [0.15, 0.2) is 23.9 Å². The van der Waals surface area contributed by atoms with Crippen molar-refractivity contribution < 1.29 is 33.4 Å². The van der Waals surface area contributed by atoms with Gasteiger partial charge >= 0.3 is 11.7 Å². The molecule has 4 rings (SSSR count). The molecule has 0 aliphatic carbocycles. The molecule has 0 aromatic heterocycles. The van der Waals surface area contributed by atoms with Crippen molar-refractivity contribution in [2.45, 2.75) is 12.8 Å². The lowest BCUT2D eigenvalue weighted by Gasteiger charge is -2.27. The van der Waals surface area contributed by atoms with Crippen LogP contribution in [0.2, 0.25) is 0 Å². The Balaban J connectivity index is 1.57. The fourth-order valence-corrected chi connectivity index (χ4v) is 4.01. The minimum Gasteiger partial charge on any atom is -0.493 e. The number of para-hydroxylation sites is 2. The summed E-state index contributed by atoms with van der Waals surface area (Å²) in [6.45, 7) is 1.76. The minimum atomic E-state index is -0.784. The van der Waals surface area contributed by atoms with E-state index in [0.29, 0.717) is 29.4 Å². The van der Waals surface area contributed by atoms with Crippen LogP contribution in [-0.4, -0.2) is 31.2 Å². The van der Waals surface area contributed by atoms with E-state index in [2.05, 4.69) is 6.07 Å². The predicted octanol–water partition coefficient (Wildman–Crippen LogP) is 4.20. The molecule has 3 aromatic carbocycles. The van der Waals surface area contributed by atoms with Gasteiger partial charge in [-0.25, -0.2) is 4.79 Å². The van der Waals surface area contributed by atoms with Gasteiger partial charge in [-0.3, -0.25) is 10.1 Å². The first-order chi connectivity index (χ1) is 18.4. The molecule has 0 spiro atoms. The second-order valence-electron chi connectivity index (χ2n) is 7.96. The molecule has 11 nitrogen and oxygen atoms in total. The summed E-state index contributed by atoms with van der Waals surface area (Å²) < 4.78 is 27.3. The van der Waals surface area contributed by atoms with Crippen LogP contribution >= 0.6 is 0 Å². The summed E-state index contributed by atoms with van der Waals surface area (Å²) in [5.74, 6) is -0.00232. The smallest absolute Gasteiger partial charge is 0.349 e. The van der Waals surface area contributed by atoms with Crippen LogP contribution in [0.1, 0.15) is 24.0 Å². The molecule has 0 saturated heterocycles. The average molecular weight is 517 g/mol. The number of nitriles is 1. The number of methoxy groups -OCH3 is 1. The van der Waals surface area contributed by atoms with Crippen LogP contribution in [0.4, 0.5) is 5.69 Å². The summed E-state index contributed by atoms with van der Waals surface area (Å²) in [6, 6.07) is 17.8. The molecule has 1 aliphatic heterocycles. The first-order valence-corrected chi connectivity index (χ1v) is 11.4. The number of carbonyl (C=O) groups is 1. The second-order valence-corrected chi connectivity index (χ2v) is 7.96. The largest absolute Gasteiger partial charge is 0.493 e. The van der Waals surface area contributed by atoms with Crippen LogP contribution in [-0.2, 0) is 4.79 Å². The van der Waals surface area contributed by atoms with Crippen molar-refractivity contribution in [2.24, 2.45) is 5.73 Å². The molecule has 3 aromatic rings. The van der Waals surface area contributed by atoms with Gasteiger partial charge in [0.1, 0.15) is 23.1 Å². The third-order valence-corrected chi connectivity index (χ3v) is 5.65. The van der Waals surface area contributed by atoms with E-state index in [1.54, 1.807) is 30.3 Å². The van der Waals surface area contributed by atoms with E-state index < -0.39 is 23.4 Å². The van der Waals surface area contributed by atoms with Gasteiger partial charge in [0.2, 0.25) is 5.88 Å². The van der Waals surface area contributed by atoms with Gasteiger partial charge in [-0.05, 0) is 36.8 Å². The molecule has 0 amide bonds. The number of ether oxygens (including phenoxy) is 5. The Morgan fingerprint density at radius 2 is 1.89 bits per heavy atom. The maximum Gasteiger partial charge on any atom is 0.349 e. The predicted molar refractivity (Wildman–Crippen MR) is 134 cm³/mol. The first kappa shape index (κ1) is 25.8. The van der Waals surface area contributed by atoms with Crippen molar-refractivity contribution >= 4 is 11.7 Å². The number of nitrogens with zero attached hydrogens (tertiary/aromatic N) is 2. The highest BCUT2D eigenvalue weighted by Gasteiger charge is 2.32. The number of benzene rings is 3. The summed E-state index contributed by atoms with van der Waals surface area (Å²) in [4.78, 5) is 22.9. The SMILES string of the molecule is CCOc1ccc(C2C(C#N)=C(N)Oc3cc(OC(=O)COc4ccccc4[N+](=O)[O-])ccc32)cc1OC. The highest BCUT2D eigenvalue weighted by Crippen LogP contribution is 2.45. The lowest BCUT2D eigenvalue weighted by atomic mass is 9.83. The maximum atomic E-state index is 12.4. The van der Waals surface area contributed by atoms with Crippen molar-refractivity contribution in [3.63, 3.8) is 0 Å². The molecule has 1 unspecified atom stereocenters. The summed E-state index contributed by atoms with van der Waals surface area (Å²) in [5.41, 5.74) is 7.37. The van der Waals surface area contributed by atoms with Crippen LogP contribution < -0.4 is 29.4 Å². The lowest BCUT2D eigenvalue weighted by Crippen LogP contribution is -2.22. The molecule has 1 heterocycles. The average Bonchev–Trinajstić information content (AvgIpc) is 2.91. The molecule has 0 saturated carbocycles. The molecular formula is C27H23N3O8. The first-order valence-electron chi connectivity index (χ1n) is 11.4. The van der Waals surface area contributed by atoms with E-state index in [0.717, 1.165) is 5.56 Å². The molecule has 0 bridgehead atoms. The highest BCUT2D eigenvalue weighted by molar-refractivity contribution is 5.74. The molecule has 0 fully saturated rings. The Hall–Kier alpha value is -5.24. The van der Waals surface area contributed by atoms with Crippen LogP contribution in [0, 0.1) is 21.4 Å². The van der Waals surface area contributed by atoms with Crippen molar-refractivity contribution in [1.82, 2.24) is 0 Å².